The van der Waals surface area contributed by atoms with Gasteiger partial charge in [-0.1, -0.05) is 19.1 Å². The first kappa shape index (κ1) is 15.7. The molecule has 1 aromatic carbocycles. The lowest BCUT2D eigenvalue weighted by Gasteiger charge is -2.44. The number of rotatable bonds is 3. The van der Waals surface area contributed by atoms with Gasteiger partial charge in [-0.05, 0) is 18.6 Å². The SMILES string of the molecule is CCC12COC(=O)N1CCN(C(=O)Cn1c(=O)oc3ccccc31)C2. The van der Waals surface area contributed by atoms with Crippen LogP contribution in [-0.4, -0.2) is 58.1 Å². The minimum absolute atomic E-state index is 0.0789. The number of amides is 2. The Labute approximate surface area is 143 Å². The molecule has 4 rings (SSSR count). The number of para-hydroxylation sites is 2. The van der Waals surface area contributed by atoms with Gasteiger partial charge >= 0.3 is 11.8 Å². The van der Waals surface area contributed by atoms with Gasteiger partial charge in [0, 0.05) is 19.6 Å². The molecule has 2 aliphatic heterocycles. The van der Waals surface area contributed by atoms with E-state index in [9.17, 15) is 14.4 Å². The first-order chi connectivity index (χ1) is 12.0. The molecule has 0 saturated carbocycles. The number of nitrogens with zero attached hydrogens (tertiary/aromatic N) is 3. The van der Waals surface area contributed by atoms with Crippen LogP contribution in [0.25, 0.3) is 11.1 Å². The zero-order valence-corrected chi connectivity index (χ0v) is 13.9. The monoisotopic (exact) mass is 345 g/mol. The van der Waals surface area contributed by atoms with E-state index in [4.69, 9.17) is 9.15 Å². The predicted molar refractivity (Wildman–Crippen MR) is 88.1 cm³/mol. The molecule has 132 valence electrons. The van der Waals surface area contributed by atoms with Crippen LogP contribution in [0.2, 0.25) is 0 Å². The second-order valence-corrected chi connectivity index (χ2v) is 6.52. The maximum absolute atomic E-state index is 12.8. The Bertz CT molecular complexity index is 901. The number of hydrogen-bond acceptors (Lipinski definition) is 5. The average Bonchev–Trinajstić information content (AvgIpc) is 3.12. The summed E-state index contributed by atoms with van der Waals surface area (Å²) in [6, 6.07) is 7.02. The van der Waals surface area contributed by atoms with Crippen molar-refractivity contribution >= 4 is 23.1 Å². The third-order valence-electron chi connectivity index (χ3n) is 5.21. The molecule has 8 heteroatoms. The third-order valence-corrected chi connectivity index (χ3v) is 5.21. The van der Waals surface area contributed by atoms with Crippen molar-refractivity contribution in [3.8, 4) is 0 Å². The molecule has 1 atom stereocenters. The molecule has 1 aromatic heterocycles. The molecule has 2 fully saturated rings. The van der Waals surface area contributed by atoms with Gasteiger partial charge < -0.3 is 14.1 Å². The van der Waals surface area contributed by atoms with Crippen LogP contribution in [0.3, 0.4) is 0 Å². The molecule has 0 N–H and O–H groups in total. The largest absolute Gasteiger partial charge is 0.447 e. The fraction of sp³-hybridized carbons (Fsp3) is 0.471. The highest BCUT2D eigenvalue weighted by Crippen LogP contribution is 2.31. The molecule has 1 unspecified atom stereocenters. The van der Waals surface area contributed by atoms with Crippen LogP contribution in [0.1, 0.15) is 13.3 Å². The Balaban J connectivity index is 1.56. The van der Waals surface area contributed by atoms with Crippen molar-refractivity contribution in [2.75, 3.05) is 26.2 Å². The molecule has 8 nitrogen and oxygen atoms in total. The van der Waals surface area contributed by atoms with Gasteiger partial charge in [-0.2, -0.15) is 0 Å². The minimum atomic E-state index is -0.544. The summed E-state index contributed by atoms with van der Waals surface area (Å²) in [5, 5.41) is 0. The molecule has 0 spiro atoms. The van der Waals surface area contributed by atoms with Gasteiger partial charge in [0.2, 0.25) is 5.91 Å². The van der Waals surface area contributed by atoms with E-state index >= 15 is 0 Å². The third kappa shape index (κ3) is 2.40. The second-order valence-electron chi connectivity index (χ2n) is 6.52. The maximum Gasteiger partial charge on any atom is 0.420 e. The van der Waals surface area contributed by atoms with Crippen molar-refractivity contribution in [1.29, 1.82) is 0 Å². The summed E-state index contributed by atoms with van der Waals surface area (Å²) in [6.07, 6.45) is 0.392. The van der Waals surface area contributed by atoms with E-state index in [-0.39, 0.29) is 18.5 Å². The summed E-state index contributed by atoms with van der Waals surface area (Å²) in [5.74, 6) is -0.710. The number of carbonyl (C=O) groups is 2. The number of carbonyl (C=O) groups excluding carboxylic acids is 2. The highest BCUT2D eigenvalue weighted by Gasteiger charge is 2.50. The highest BCUT2D eigenvalue weighted by atomic mass is 16.6. The Kier molecular flexibility index (Phi) is 3.55. The quantitative estimate of drug-likeness (QED) is 0.830. The van der Waals surface area contributed by atoms with E-state index in [1.807, 2.05) is 6.92 Å². The average molecular weight is 345 g/mol. The molecule has 25 heavy (non-hydrogen) atoms. The van der Waals surface area contributed by atoms with Crippen LogP contribution >= 0.6 is 0 Å². The summed E-state index contributed by atoms with van der Waals surface area (Å²) in [6.45, 7) is 3.49. The lowest BCUT2D eigenvalue weighted by Crippen LogP contribution is -2.62. The smallest absolute Gasteiger partial charge is 0.420 e. The van der Waals surface area contributed by atoms with E-state index in [1.165, 1.54) is 4.57 Å². The molecular formula is C17H19N3O5. The van der Waals surface area contributed by atoms with Crippen molar-refractivity contribution in [3.05, 3.63) is 34.8 Å². The number of oxazole rings is 1. The number of piperazine rings is 1. The number of fused-ring (bicyclic) bond motifs is 2. The van der Waals surface area contributed by atoms with Gasteiger partial charge in [0.15, 0.2) is 5.58 Å². The van der Waals surface area contributed by atoms with Gasteiger partial charge in [-0.3, -0.25) is 14.3 Å². The number of cyclic esters (lactones) is 1. The standard InChI is InChI=1S/C17H19N3O5/c1-2-17-10-18(7-8-20(17)16(23)24-11-17)14(21)9-19-12-5-3-4-6-13(12)25-15(19)22/h3-6H,2,7-11H2,1H3. The normalized spacial score (nSPS) is 23.0. The molecule has 2 saturated heterocycles. The van der Waals surface area contributed by atoms with E-state index in [0.717, 1.165) is 0 Å². The van der Waals surface area contributed by atoms with Gasteiger partial charge in [0.1, 0.15) is 13.2 Å². The summed E-state index contributed by atoms with van der Waals surface area (Å²) >= 11 is 0. The van der Waals surface area contributed by atoms with Gasteiger partial charge in [0.25, 0.3) is 0 Å². The Morgan fingerprint density at radius 2 is 2.04 bits per heavy atom. The summed E-state index contributed by atoms with van der Waals surface area (Å²) in [7, 11) is 0. The van der Waals surface area contributed by atoms with Gasteiger partial charge in [-0.15, -0.1) is 0 Å². The van der Waals surface area contributed by atoms with Crippen molar-refractivity contribution in [1.82, 2.24) is 14.4 Å². The highest BCUT2D eigenvalue weighted by molar-refractivity contribution is 5.80. The van der Waals surface area contributed by atoms with Crippen LogP contribution in [0, 0.1) is 0 Å². The number of benzene rings is 1. The van der Waals surface area contributed by atoms with Crippen molar-refractivity contribution in [2.24, 2.45) is 0 Å². The molecule has 2 aromatic rings. The van der Waals surface area contributed by atoms with Crippen molar-refractivity contribution < 1.29 is 18.7 Å². The minimum Gasteiger partial charge on any atom is -0.447 e. The van der Waals surface area contributed by atoms with Gasteiger partial charge in [-0.25, -0.2) is 9.59 Å². The number of hydrogen-bond donors (Lipinski definition) is 0. The summed E-state index contributed by atoms with van der Waals surface area (Å²) < 4.78 is 11.7. The Morgan fingerprint density at radius 3 is 2.84 bits per heavy atom. The molecule has 2 aliphatic rings. The van der Waals surface area contributed by atoms with E-state index in [2.05, 4.69) is 0 Å². The number of ether oxygens (including phenoxy) is 1. The molecular weight excluding hydrogens is 326 g/mol. The lowest BCUT2D eigenvalue weighted by molar-refractivity contribution is -0.136. The molecule has 0 aliphatic carbocycles. The van der Waals surface area contributed by atoms with Crippen LogP contribution in [-0.2, 0) is 16.1 Å². The Morgan fingerprint density at radius 1 is 1.24 bits per heavy atom. The fourth-order valence-corrected chi connectivity index (χ4v) is 3.68. The molecule has 3 heterocycles. The van der Waals surface area contributed by atoms with Crippen molar-refractivity contribution in [2.45, 2.75) is 25.4 Å². The van der Waals surface area contributed by atoms with Crippen molar-refractivity contribution in [3.63, 3.8) is 0 Å². The zero-order valence-electron chi connectivity index (χ0n) is 13.9. The molecule has 0 radical (unpaired) electrons. The second kappa shape index (κ2) is 5.65. The van der Waals surface area contributed by atoms with Crippen LogP contribution in [0.4, 0.5) is 4.79 Å². The van der Waals surface area contributed by atoms with Crippen LogP contribution < -0.4 is 5.76 Å². The number of aromatic nitrogens is 1. The maximum atomic E-state index is 12.8. The van der Waals surface area contributed by atoms with E-state index in [1.54, 1.807) is 34.1 Å². The van der Waals surface area contributed by atoms with Crippen LogP contribution in [0.15, 0.2) is 33.5 Å². The van der Waals surface area contributed by atoms with Crippen LogP contribution in [0.5, 0.6) is 0 Å². The summed E-state index contributed by atoms with van der Waals surface area (Å²) in [5.41, 5.74) is 0.600. The summed E-state index contributed by atoms with van der Waals surface area (Å²) in [4.78, 5) is 40.1. The fourth-order valence-electron chi connectivity index (χ4n) is 3.68. The Hall–Kier alpha value is -2.77. The lowest BCUT2D eigenvalue weighted by atomic mass is 9.93. The first-order valence-electron chi connectivity index (χ1n) is 8.35. The predicted octanol–water partition coefficient (Wildman–Crippen LogP) is 1.04. The van der Waals surface area contributed by atoms with Gasteiger partial charge in [0.05, 0.1) is 11.1 Å². The molecule has 0 bridgehead atoms. The van der Waals surface area contributed by atoms with E-state index in [0.29, 0.717) is 43.8 Å². The molecule has 2 amide bonds. The zero-order chi connectivity index (χ0) is 17.6. The first-order valence-corrected chi connectivity index (χ1v) is 8.35. The topological polar surface area (TPSA) is 85.0 Å². The van der Waals surface area contributed by atoms with E-state index < -0.39 is 11.3 Å².